The smallest absolute Gasteiger partial charge is 0.295 e. The maximum absolute atomic E-state index is 12.4. The van der Waals surface area contributed by atoms with Crippen LogP contribution in [0.15, 0.2) is 42.5 Å². The summed E-state index contributed by atoms with van der Waals surface area (Å²) in [6.45, 7) is 0.712. The Bertz CT molecular complexity index is 792. The topological polar surface area (TPSA) is 79.6 Å². The highest BCUT2D eigenvalue weighted by molar-refractivity contribution is 5.85. The van der Waals surface area contributed by atoms with Crippen LogP contribution in [0.4, 0.5) is 11.5 Å². The second-order valence-corrected chi connectivity index (χ2v) is 6.24. The Kier molecular flexibility index (Phi) is 4.65. The Labute approximate surface area is 146 Å². The maximum atomic E-state index is 12.4. The average molecular weight is 340 g/mol. The van der Waals surface area contributed by atoms with Crippen molar-refractivity contribution in [2.45, 2.75) is 18.9 Å². The van der Waals surface area contributed by atoms with Crippen LogP contribution in [0.5, 0.6) is 0 Å². The van der Waals surface area contributed by atoms with E-state index in [0.29, 0.717) is 23.6 Å². The zero-order valence-electron chi connectivity index (χ0n) is 14.3. The maximum Gasteiger partial charge on any atom is 0.295 e. The number of rotatable bonds is 4. The van der Waals surface area contributed by atoms with Gasteiger partial charge in [0.1, 0.15) is 11.9 Å². The number of carbonyl (C=O) groups is 1. The molecule has 1 unspecified atom stereocenters. The van der Waals surface area contributed by atoms with Crippen LogP contribution in [-0.2, 0) is 4.79 Å². The van der Waals surface area contributed by atoms with Crippen LogP contribution in [0.25, 0.3) is 11.3 Å². The highest BCUT2D eigenvalue weighted by Gasteiger charge is 2.33. The first kappa shape index (κ1) is 16.9. The Hall–Kier alpha value is -2.96. The molecule has 1 aliphatic rings. The molecule has 130 valence electrons. The molecule has 7 heteroatoms. The molecule has 1 fully saturated rings. The van der Waals surface area contributed by atoms with E-state index in [1.807, 2.05) is 23.1 Å². The van der Waals surface area contributed by atoms with E-state index in [9.17, 15) is 14.9 Å². The molecule has 7 nitrogen and oxygen atoms in total. The Morgan fingerprint density at radius 3 is 2.60 bits per heavy atom. The Balaban J connectivity index is 2.03. The summed E-state index contributed by atoms with van der Waals surface area (Å²) < 4.78 is 0. The molecular weight excluding hydrogens is 320 g/mol. The minimum absolute atomic E-state index is 0.0268. The fourth-order valence-corrected chi connectivity index (χ4v) is 3.15. The summed E-state index contributed by atoms with van der Waals surface area (Å²) in [5.41, 5.74) is 0.974. The van der Waals surface area contributed by atoms with Crippen molar-refractivity contribution >= 4 is 17.4 Å². The summed E-state index contributed by atoms with van der Waals surface area (Å²) in [4.78, 5) is 31.4. The van der Waals surface area contributed by atoms with Gasteiger partial charge in [0, 0.05) is 32.3 Å². The lowest BCUT2D eigenvalue weighted by Gasteiger charge is -2.27. The van der Waals surface area contributed by atoms with Gasteiger partial charge in [0.25, 0.3) is 5.69 Å². The number of hydrogen-bond donors (Lipinski definition) is 0. The summed E-state index contributed by atoms with van der Waals surface area (Å²) in [5, 5.41) is 11.4. The molecule has 1 aromatic carbocycles. The van der Waals surface area contributed by atoms with E-state index >= 15 is 0 Å². The zero-order valence-corrected chi connectivity index (χ0v) is 14.3. The first-order chi connectivity index (χ1) is 12.0. The van der Waals surface area contributed by atoms with E-state index < -0.39 is 4.92 Å². The second kappa shape index (κ2) is 6.88. The molecule has 0 spiro atoms. The molecule has 3 rings (SSSR count). The second-order valence-electron chi connectivity index (χ2n) is 6.24. The first-order valence-electron chi connectivity index (χ1n) is 8.17. The normalized spacial score (nSPS) is 16.7. The highest BCUT2D eigenvalue weighted by atomic mass is 16.6. The van der Waals surface area contributed by atoms with Crippen LogP contribution in [0, 0.1) is 10.1 Å². The molecule has 0 N–H and O–H groups in total. The van der Waals surface area contributed by atoms with Crippen LogP contribution in [0.3, 0.4) is 0 Å². The minimum atomic E-state index is -0.425. The van der Waals surface area contributed by atoms with Crippen LogP contribution in [-0.4, -0.2) is 47.4 Å². The number of carbonyl (C=O) groups excluding carboxylic acids is 1. The van der Waals surface area contributed by atoms with E-state index in [0.717, 1.165) is 12.8 Å². The number of nitro groups is 1. The predicted molar refractivity (Wildman–Crippen MR) is 95.4 cm³/mol. The predicted octanol–water partition coefficient (Wildman–Crippen LogP) is 2.71. The molecule has 2 heterocycles. The van der Waals surface area contributed by atoms with E-state index in [-0.39, 0.29) is 17.6 Å². The number of nitrogens with zero attached hydrogens (tertiary/aromatic N) is 4. The van der Waals surface area contributed by atoms with Crippen molar-refractivity contribution in [1.82, 2.24) is 9.88 Å². The van der Waals surface area contributed by atoms with Crippen molar-refractivity contribution in [3.05, 3.63) is 52.6 Å². The van der Waals surface area contributed by atoms with Crippen LogP contribution >= 0.6 is 0 Å². The minimum Gasteiger partial charge on any atom is -0.347 e. The van der Waals surface area contributed by atoms with E-state index in [1.165, 1.54) is 6.07 Å². The number of hydrogen-bond acceptors (Lipinski definition) is 5. The largest absolute Gasteiger partial charge is 0.347 e. The van der Waals surface area contributed by atoms with Crippen LogP contribution in [0.1, 0.15) is 12.8 Å². The van der Waals surface area contributed by atoms with Crippen molar-refractivity contribution in [2.24, 2.45) is 0 Å². The monoisotopic (exact) mass is 340 g/mol. The molecule has 1 aromatic heterocycles. The van der Waals surface area contributed by atoms with Gasteiger partial charge in [0.15, 0.2) is 5.69 Å². The van der Waals surface area contributed by atoms with Crippen molar-refractivity contribution < 1.29 is 9.72 Å². The number of likely N-dealkylation sites (N-methyl/N-ethyl adjacent to an activating group) is 1. The number of benzene rings is 1. The van der Waals surface area contributed by atoms with Gasteiger partial charge in [-0.05, 0) is 18.9 Å². The van der Waals surface area contributed by atoms with Gasteiger partial charge in [0.2, 0.25) is 5.91 Å². The van der Waals surface area contributed by atoms with E-state index in [1.54, 1.807) is 37.2 Å². The molecule has 1 aliphatic heterocycles. The highest BCUT2D eigenvalue weighted by Crippen LogP contribution is 2.32. The van der Waals surface area contributed by atoms with Gasteiger partial charge >= 0.3 is 0 Å². The quantitative estimate of drug-likeness (QED) is 0.631. The summed E-state index contributed by atoms with van der Waals surface area (Å²) in [6, 6.07) is 11.9. The third kappa shape index (κ3) is 3.31. The lowest BCUT2D eigenvalue weighted by molar-refractivity contribution is -0.384. The van der Waals surface area contributed by atoms with Gasteiger partial charge in [-0.25, -0.2) is 4.98 Å². The summed E-state index contributed by atoms with van der Waals surface area (Å²) in [6.07, 6.45) is 1.65. The average Bonchev–Trinajstić information content (AvgIpc) is 3.10. The molecule has 1 atom stereocenters. The number of aromatic nitrogens is 1. The Morgan fingerprint density at radius 1 is 1.24 bits per heavy atom. The van der Waals surface area contributed by atoms with E-state index in [2.05, 4.69) is 4.98 Å². The molecular formula is C18H20N4O3. The molecule has 25 heavy (non-hydrogen) atoms. The molecule has 0 aliphatic carbocycles. The third-order valence-corrected chi connectivity index (χ3v) is 4.38. The van der Waals surface area contributed by atoms with Crippen molar-refractivity contribution in [2.75, 3.05) is 25.5 Å². The fraction of sp³-hybridized carbons (Fsp3) is 0.333. The van der Waals surface area contributed by atoms with Gasteiger partial charge in [-0.1, -0.05) is 30.3 Å². The number of anilines is 1. The van der Waals surface area contributed by atoms with Crippen LogP contribution < -0.4 is 4.90 Å². The fourth-order valence-electron chi connectivity index (χ4n) is 3.15. The van der Waals surface area contributed by atoms with E-state index in [4.69, 9.17) is 0 Å². The van der Waals surface area contributed by atoms with Gasteiger partial charge in [-0.2, -0.15) is 0 Å². The molecule has 1 saturated heterocycles. The van der Waals surface area contributed by atoms with Crippen molar-refractivity contribution in [3.8, 4) is 11.3 Å². The first-order valence-corrected chi connectivity index (χ1v) is 8.17. The zero-order chi connectivity index (χ0) is 18.0. The summed E-state index contributed by atoms with van der Waals surface area (Å²) in [5.74, 6) is 0.626. The number of pyridine rings is 1. The molecule has 1 amide bonds. The number of amides is 1. The lowest BCUT2D eigenvalue weighted by Crippen LogP contribution is -2.43. The Morgan fingerprint density at radius 2 is 1.96 bits per heavy atom. The molecule has 2 aromatic rings. The van der Waals surface area contributed by atoms with Gasteiger partial charge in [-0.3, -0.25) is 14.9 Å². The third-order valence-electron chi connectivity index (χ3n) is 4.38. The summed E-state index contributed by atoms with van der Waals surface area (Å²) >= 11 is 0. The van der Waals surface area contributed by atoms with Crippen LogP contribution in [0.2, 0.25) is 0 Å². The standard InChI is InChI=1S/C18H20N4O3/c1-20(2)18(23)15-9-6-12-21(15)16-11-10-14(22(24)25)17(19-16)13-7-4-3-5-8-13/h3-5,7-8,10-11,15H,6,9,12H2,1-2H3. The SMILES string of the molecule is CN(C)C(=O)C1CCCN1c1ccc([N+](=O)[O-])c(-c2ccccc2)n1. The molecule has 0 radical (unpaired) electrons. The van der Waals surface area contributed by atoms with Gasteiger partial charge in [0.05, 0.1) is 4.92 Å². The molecule has 0 saturated carbocycles. The summed E-state index contributed by atoms with van der Waals surface area (Å²) in [7, 11) is 3.47. The lowest BCUT2D eigenvalue weighted by atomic mass is 10.1. The van der Waals surface area contributed by atoms with Gasteiger partial charge < -0.3 is 9.80 Å². The van der Waals surface area contributed by atoms with Gasteiger partial charge in [-0.15, -0.1) is 0 Å². The van der Waals surface area contributed by atoms with Crippen molar-refractivity contribution in [1.29, 1.82) is 0 Å². The van der Waals surface area contributed by atoms with Crippen molar-refractivity contribution in [3.63, 3.8) is 0 Å². The molecule has 0 bridgehead atoms.